The Morgan fingerprint density at radius 2 is 2.14 bits per heavy atom. The molecule has 1 aliphatic carbocycles. The van der Waals surface area contributed by atoms with E-state index in [-0.39, 0.29) is 5.91 Å². The molecular weight excluding hydrogens is 264 g/mol. The monoisotopic (exact) mass is 292 g/mol. The first kappa shape index (κ1) is 15.9. The summed E-state index contributed by atoms with van der Waals surface area (Å²) in [7, 11) is 4.04. The van der Waals surface area contributed by atoms with Crippen LogP contribution in [0.3, 0.4) is 0 Å². The maximum atomic E-state index is 12.0. The quantitative estimate of drug-likeness (QED) is 0.788. The number of nitrogens with zero attached hydrogens (tertiary/aromatic N) is 2. The van der Waals surface area contributed by atoms with E-state index in [2.05, 4.69) is 17.3 Å². The van der Waals surface area contributed by atoms with Gasteiger partial charge in [-0.15, -0.1) is 0 Å². The summed E-state index contributed by atoms with van der Waals surface area (Å²) in [5.74, 6) is -0.0467. The van der Waals surface area contributed by atoms with Gasteiger partial charge in [0.2, 0.25) is 0 Å². The third-order valence-corrected chi connectivity index (χ3v) is 4.43. The number of hydrogen-bond donors (Lipinski definition) is 2. The lowest BCUT2D eigenvalue weighted by molar-refractivity contribution is 0.0942. The number of carbonyl (C=O) groups excluding carboxylic acids is 1. The van der Waals surface area contributed by atoms with Crippen LogP contribution in [0.15, 0.2) is 12.3 Å². The standard InChI is InChI=1S/C16H28N4O/c1-19(14-7-4-3-5-8-14)10-6-9-18-16(21)15-11-13(17)12-20(15)2/h11-12,14H,3-10,17H2,1-2H3,(H,18,21). The number of rotatable bonds is 6. The highest BCUT2D eigenvalue weighted by molar-refractivity contribution is 5.93. The Morgan fingerprint density at radius 1 is 1.43 bits per heavy atom. The first-order chi connectivity index (χ1) is 10.1. The number of aryl methyl sites for hydroxylation is 1. The van der Waals surface area contributed by atoms with Crippen LogP contribution in [0.1, 0.15) is 49.0 Å². The number of anilines is 1. The maximum Gasteiger partial charge on any atom is 0.267 e. The van der Waals surface area contributed by atoms with Gasteiger partial charge in [-0.25, -0.2) is 0 Å². The normalized spacial score (nSPS) is 16.3. The molecule has 0 aliphatic heterocycles. The van der Waals surface area contributed by atoms with Crippen LogP contribution >= 0.6 is 0 Å². The molecule has 1 fully saturated rings. The number of nitrogens with two attached hydrogens (primary N) is 1. The molecule has 1 saturated carbocycles. The molecule has 1 aliphatic rings. The minimum atomic E-state index is -0.0467. The summed E-state index contributed by atoms with van der Waals surface area (Å²) in [5, 5.41) is 2.97. The lowest BCUT2D eigenvalue weighted by Gasteiger charge is -2.31. The zero-order chi connectivity index (χ0) is 15.2. The molecule has 0 bridgehead atoms. The molecule has 0 aromatic carbocycles. The molecule has 5 nitrogen and oxygen atoms in total. The Labute approximate surface area is 127 Å². The van der Waals surface area contributed by atoms with Gasteiger partial charge in [0, 0.05) is 25.8 Å². The zero-order valence-corrected chi connectivity index (χ0v) is 13.3. The molecule has 118 valence electrons. The van der Waals surface area contributed by atoms with Crippen molar-refractivity contribution in [2.45, 2.75) is 44.6 Å². The van der Waals surface area contributed by atoms with E-state index in [0.717, 1.165) is 19.0 Å². The molecule has 5 heteroatoms. The Hall–Kier alpha value is -1.49. The van der Waals surface area contributed by atoms with E-state index in [9.17, 15) is 4.79 Å². The SMILES string of the molecule is CN(CCCNC(=O)c1cc(N)cn1C)C1CCCCC1. The third kappa shape index (κ3) is 4.49. The van der Waals surface area contributed by atoms with Gasteiger partial charge in [0.25, 0.3) is 5.91 Å². The van der Waals surface area contributed by atoms with Gasteiger partial charge in [-0.05, 0) is 38.9 Å². The van der Waals surface area contributed by atoms with Crippen molar-refractivity contribution in [1.82, 2.24) is 14.8 Å². The van der Waals surface area contributed by atoms with Crippen LogP contribution < -0.4 is 11.1 Å². The summed E-state index contributed by atoms with van der Waals surface area (Å²) < 4.78 is 1.76. The second kappa shape index (κ2) is 7.50. The molecule has 1 heterocycles. The van der Waals surface area contributed by atoms with Gasteiger partial charge in [-0.2, -0.15) is 0 Å². The fourth-order valence-corrected chi connectivity index (χ4v) is 3.14. The summed E-state index contributed by atoms with van der Waals surface area (Å²) in [4.78, 5) is 14.5. The number of amides is 1. The molecule has 0 atom stereocenters. The average molecular weight is 292 g/mol. The number of nitrogens with one attached hydrogen (secondary N) is 1. The number of hydrogen-bond acceptors (Lipinski definition) is 3. The van der Waals surface area contributed by atoms with E-state index < -0.39 is 0 Å². The lowest BCUT2D eigenvalue weighted by Crippen LogP contribution is -2.36. The smallest absolute Gasteiger partial charge is 0.267 e. The number of aromatic nitrogens is 1. The molecule has 1 aromatic heterocycles. The minimum Gasteiger partial charge on any atom is -0.397 e. The first-order valence-corrected chi connectivity index (χ1v) is 7.98. The molecule has 0 unspecified atom stereocenters. The van der Waals surface area contributed by atoms with Crippen molar-refractivity contribution in [1.29, 1.82) is 0 Å². The molecule has 3 N–H and O–H groups in total. The van der Waals surface area contributed by atoms with Crippen LogP contribution in [0.25, 0.3) is 0 Å². The molecule has 2 rings (SSSR count). The largest absolute Gasteiger partial charge is 0.397 e. The van der Waals surface area contributed by atoms with Gasteiger partial charge in [-0.3, -0.25) is 4.79 Å². The van der Waals surface area contributed by atoms with Crippen molar-refractivity contribution in [2.75, 3.05) is 25.9 Å². The van der Waals surface area contributed by atoms with Crippen LogP contribution in [-0.2, 0) is 7.05 Å². The Morgan fingerprint density at radius 3 is 2.76 bits per heavy atom. The van der Waals surface area contributed by atoms with E-state index in [1.54, 1.807) is 16.8 Å². The average Bonchev–Trinajstić information content (AvgIpc) is 2.83. The maximum absolute atomic E-state index is 12.0. The van der Waals surface area contributed by atoms with Crippen molar-refractivity contribution < 1.29 is 4.79 Å². The summed E-state index contributed by atoms with van der Waals surface area (Å²) in [6.07, 6.45) is 9.50. The van der Waals surface area contributed by atoms with Crippen LogP contribution in [0.5, 0.6) is 0 Å². The van der Waals surface area contributed by atoms with Gasteiger partial charge in [0.1, 0.15) is 5.69 Å². The van der Waals surface area contributed by atoms with Crippen molar-refractivity contribution >= 4 is 11.6 Å². The molecule has 21 heavy (non-hydrogen) atoms. The zero-order valence-electron chi connectivity index (χ0n) is 13.3. The predicted octanol–water partition coefficient (Wildman–Crippen LogP) is 1.99. The number of carbonyl (C=O) groups is 1. The topological polar surface area (TPSA) is 63.3 Å². The first-order valence-electron chi connectivity index (χ1n) is 7.98. The predicted molar refractivity (Wildman–Crippen MR) is 86.3 cm³/mol. The Bertz CT molecular complexity index is 463. The van der Waals surface area contributed by atoms with Gasteiger partial charge < -0.3 is 20.5 Å². The van der Waals surface area contributed by atoms with Crippen molar-refractivity contribution in [3.63, 3.8) is 0 Å². The molecule has 0 spiro atoms. The fraction of sp³-hybridized carbons (Fsp3) is 0.688. The van der Waals surface area contributed by atoms with Gasteiger partial charge >= 0.3 is 0 Å². The van der Waals surface area contributed by atoms with E-state index in [0.29, 0.717) is 17.9 Å². The highest BCUT2D eigenvalue weighted by Crippen LogP contribution is 2.21. The molecule has 0 radical (unpaired) electrons. The summed E-state index contributed by atoms with van der Waals surface area (Å²) in [6, 6.07) is 2.45. The molecule has 0 saturated heterocycles. The van der Waals surface area contributed by atoms with Gasteiger partial charge in [-0.1, -0.05) is 19.3 Å². The summed E-state index contributed by atoms with van der Waals surface area (Å²) in [5.41, 5.74) is 6.93. The highest BCUT2D eigenvalue weighted by Gasteiger charge is 2.17. The minimum absolute atomic E-state index is 0.0467. The van der Waals surface area contributed by atoms with Gasteiger partial charge in [0.15, 0.2) is 0 Å². The highest BCUT2D eigenvalue weighted by atomic mass is 16.1. The van der Waals surface area contributed by atoms with E-state index in [1.807, 2.05) is 7.05 Å². The van der Waals surface area contributed by atoms with Crippen LogP contribution in [0.2, 0.25) is 0 Å². The van der Waals surface area contributed by atoms with Crippen LogP contribution in [0.4, 0.5) is 5.69 Å². The van der Waals surface area contributed by atoms with E-state index >= 15 is 0 Å². The summed E-state index contributed by atoms with van der Waals surface area (Å²) in [6.45, 7) is 1.75. The Kier molecular flexibility index (Phi) is 5.67. The number of nitrogen functional groups attached to an aromatic ring is 1. The fourth-order valence-electron chi connectivity index (χ4n) is 3.14. The lowest BCUT2D eigenvalue weighted by atomic mass is 9.94. The summed E-state index contributed by atoms with van der Waals surface area (Å²) >= 11 is 0. The Balaban J connectivity index is 1.67. The van der Waals surface area contributed by atoms with Crippen LogP contribution in [-0.4, -0.2) is 41.6 Å². The second-order valence-corrected chi connectivity index (χ2v) is 6.15. The van der Waals surface area contributed by atoms with E-state index in [1.165, 1.54) is 32.1 Å². The molecule has 1 amide bonds. The van der Waals surface area contributed by atoms with Crippen LogP contribution in [0, 0.1) is 0 Å². The molecule has 1 aromatic rings. The third-order valence-electron chi connectivity index (χ3n) is 4.43. The van der Waals surface area contributed by atoms with Gasteiger partial charge in [0.05, 0.1) is 5.69 Å². The van der Waals surface area contributed by atoms with E-state index in [4.69, 9.17) is 5.73 Å². The van der Waals surface area contributed by atoms with Crippen molar-refractivity contribution in [3.05, 3.63) is 18.0 Å². The van der Waals surface area contributed by atoms with Crippen molar-refractivity contribution in [2.24, 2.45) is 7.05 Å². The molecular formula is C16H28N4O. The second-order valence-electron chi connectivity index (χ2n) is 6.15. The van der Waals surface area contributed by atoms with Crippen molar-refractivity contribution in [3.8, 4) is 0 Å².